The summed E-state index contributed by atoms with van der Waals surface area (Å²) in [5.41, 5.74) is 0.795. The number of pyridine rings is 1. The van der Waals surface area contributed by atoms with E-state index < -0.39 is 0 Å². The van der Waals surface area contributed by atoms with E-state index in [0.717, 1.165) is 16.5 Å². The summed E-state index contributed by atoms with van der Waals surface area (Å²) in [7, 11) is 4.51. The lowest BCUT2D eigenvalue weighted by molar-refractivity contribution is -0.140. The Hall–Kier alpha value is -2.30. The van der Waals surface area contributed by atoms with E-state index in [1.165, 1.54) is 7.11 Å². The van der Waals surface area contributed by atoms with Crippen molar-refractivity contribution in [2.45, 2.75) is 12.8 Å². The maximum Gasteiger partial charge on any atom is 0.305 e. The van der Waals surface area contributed by atoms with E-state index in [2.05, 4.69) is 9.72 Å². The Labute approximate surface area is 117 Å². The number of rotatable bonds is 5. The zero-order valence-electron chi connectivity index (χ0n) is 11.8. The Balaban J connectivity index is 2.51. The number of methoxy groups -OCH3 is 3. The zero-order chi connectivity index (χ0) is 14.5. The van der Waals surface area contributed by atoms with Crippen molar-refractivity contribution in [3.63, 3.8) is 0 Å². The van der Waals surface area contributed by atoms with Gasteiger partial charge in [0.1, 0.15) is 0 Å². The molecule has 106 valence electrons. The molecular formula is C15H17NO4. The van der Waals surface area contributed by atoms with E-state index in [1.54, 1.807) is 14.2 Å². The van der Waals surface area contributed by atoms with Crippen LogP contribution in [-0.4, -0.2) is 32.3 Å². The lowest BCUT2D eigenvalue weighted by atomic mass is 10.1. The van der Waals surface area contributed by atoms with Crippen molar-refractivity contribution in [3.05, 3.63) is 30.0 Å². The third-order valence-corrected chi connectivity index (χ3v) is 3.10. The van der Waals surface area contributed by atoms with Gasteiger partial charge < -0.3 is 14.2 Å². The largest absolute Gasteiger partial charge is 0.491 e. The van der Waals surface area contributed by atoms with Crippen LogP contribution in [0.15, 0.2) is 24.3 Å². The van der Waals surface area contributed by atoms with E-state index in [4.69, 9.17) is 9.47 Å². The molecule has 20 heavy (non-hydrogen) atoms. The lowest BCUT2D eigenvalue weighted by Gasteiger charge is -2.13. The van der Waals surface area contributed by atoms with E-state index in [-0.39, 0.29) is 12.4 Å². The van der Waals surface area contributed by atoms with E-state index in [9.17, 15) is 4.79 Å². The standard InChI is InChI=1S/C15H17NO4/c1-18-13(17)9-8-12-10-6-4-5-7-11(10)14(19-2)15(16-12)20-3/h4-7H,8-9H2,1-3H3. The maximum absolute atomic E-state index is 11.3. The number of carbonyl (C=O) groups excluding carboxylic acids is 1. The highest BCUT2D eigenvalue weighted by Crippen LogP contribution is 2.35. The molecule has 0 fully saturated rings. The summed E-state index contributed by atoms with van der Waals surface area (Å²) in [6, 6.07) is 7.75. The number of ether oxygens (including phenoxy) is 3. The van der Waals surface area contributed by atoms with Gasteiger partial charge >= 0.3 is 5.97 Å². The summed E-state index contributed by atoms with van der Waals surface area (Å²) in [5.74, 6) is 0.765. The quantitative estimate of drug-likeness (QED) is 0.784. The highest BCUT2D eigenvalue weighted by Gasteiger charge is 2.15. The molecule has 0 N–H and O–H groups in total. The number of benzene rings is 1. The van der Waals surface area contributed by atoms with Crippen LogP contribution in [-0.2, 0) is 16.0 Å². The molecule has 1 heterocycles. The number of fused-ring (bicyclic) bond motifs is 1. The SMILES string of the molecule is COC(=O)CCc1nc(OC)c(OC)c2ccccc12. The average molecular weight is 275 g/mol. The number of esters is 1. The zero-order valence-corrected chi connectivity index (χ0v) is 11.8. The van der Waals surface area contributed by atoms with Crippen molar-refractivity contribution in [2.75, 3.05) is 21.3 Å². The second-order valence-electron chi connectivity index (χ2n) is 4.22. The number of aryl methyl sites for hydroxylation is 1. The molecule has 2 aromatic rings. The van der Waals surface area contributed by atoms with Gasteiger partial charge in [-0.05, 0) is 0 Å². The predicted molar refractivity (Wildman–Crippen MR) is 75.2 cm³/mol. The van der Waals surface area contributed by atoms with E-state index >= 15 is 0 Å². The van der Waals surface area contributed by atoms with Gasteiger partial charge in [-0.15, -0.1) is 0 Å². The van der Waals surface area contributed by atoms with Crippen LogP contribution in [0.3, 0.4) is 0 Å². The Morgan fingerprint density at radius 1 is 1.10 bits per heavy atom. The molecular weight excluding hydrogens is 258 g/mol. The topological polar surface area (TPSA) is 57.7 Å². The molecule has 0 saturated heterocycles. The molecule has 0 aliphatic heterocycles. The average Bonchev–Trinajstić information content (AvgIpc) is 2.51. The highest BCUT2D eigenvalue weighted by atomic mass is 16.5. The van der Waals surface area contributed by atoms with Crippen molar-refractivity contribution in [1.82, 2.24) is 4.98 Å². The molecule has 0 spiro atoms. The summed E-state index contributed by atoms with van der Waals surface area (Å²) in [5, 5.41) is 1.87. The van der Waals surface area contributed by atoms with Gasteiger partial charge in [-0.3, -0.25) is 4.79 Å². The van der Waals surface area contributed by atoms with Crippen LogP contribution in [0.5, 0.6) is 11.6 Å². The first-order valence-electron chi connectivity index (χ1n) is 6.27. The van der Waals surface area contributed by atoms with Gasteiger partial charge in [0.05, 0.1) is 33.4 Å². The Morgan fingerprint density at radius 2 is 1.80 bits per heavy atom. The fourth-order valence-electron chi connectivity index (χ4n) is 2.13. The van der Waals surface area contributed by atoms with Crippen molar-refractivity contribution in [3.8, 4) is 11.6 Å². The van der Waals surface area contributed by atoms with Gasteiger partial charge in [-0.1, -0.05) is 24.3 Å². The number of carbonyl (C=O) groups is 1. The molecule has 1 aromatic heterocycles. The molecule has 5 heteroatoms. The van der Waals surface area contributed by atoms with Crippen LogP contribution in [0, 0.1) is 0 Å². The molecule has 0 bridgehead atoms. The summed E-state index contributed by atoms with van der Waals surface area (Å²) < 4.78 is 15.3. The van der Waals surface area contributed by atoms with Gasteiger partial charge in [-0.25, -0.2) is 4.98 Å². The van der Waals surface area contributed by atoms with Crippen LogP contribution in [0.4, 0.5) is 0 Å². The fraction of sp³-hybridized carbons (Fsp3) is 0.333. The van der Waals surface area contributed by atoms with Gasteiger partial charge in [-0.2, -0.15) is 0 Å². The fourth-order valence-corrected chi connectivity index (χ4v) is 2.13. The minimum Gasteiger partial charge on any atom is -0.491 e. The number of hydrogen-bond donors (Lipinski definition) is 0. The van der Waals surface area contributed by atoms with Crippen LogP contribution in [0.1, 0.15) is 12.1 Å². The van der Waals surface area contributed by atoms with Crippen LogP contribution < -0.4 is 9.47 Å². The lowest BCUT2D eigenvalue weighted by Crippen LogP contribution is -2.05. The second-order valence-corrected chi connectivity index (χ2v) is 4.22. The summed E-state index contributed by atoms with van der Waals surface area (Å²) in [4.78, 5) is 15.7. The van der Waals surface area contributed by atoms with E-state index in [1.807, 2.05) is 24.3 Å². The number of nitrogens with zero attached hydrogens (tertiary/aromatic N) is 1. The minimum atomic E-state index is -0.259. The van der Waals surface area contributed by atoms with Crippen molar-refractivity contribution < 1.29 is 19.0 Å². The molecule has 0 saturated carbocycles. The van der Waals surface area contributed by atoms with Gasteiger partial charge in [0.15, 0.2) is 5.75 Å². The Morgan fingerprint density at radius 3 is 2.40 bits per heavy atom. The summed E-state index contributed by atoms with van der Waals surface area (Å²) >= 11 is 0. The third kappa shape index (κ3) is 2.66. The molecule has 1 aromatic carbocycles. The Kier molecular flexibility index (Phi) is 4.40. The highest BCUT2D eigenvalue weighted by molar-refractivity contribution is 5.92. The molecule has 5 nitrogen and oxygen atoms in total. The second kappa shape index (κ2) is 6.23. The van der Waals surface area contributed by atoms with E-state index in [0.29, 0.717) is 18.1 Å². The van der Waals surface area contributed by atoms with Gasteiger partial charge in [0.25, 0.3) is 5.88 Å². The predicted octanol–water partition coefficient (Wildman–Crippen LogP) is 2.36. The summed E-state index contributed by atoms with van der Waals surface area (Å²) in [6.07, 6.45) is 0.774. The molecule has 2 rings (SSSR count). The van der Waals surface area contributed by atoms with Crippen LogP contribution in [0.25, 0.3) is 10.8 Å². The monoisotopic (exact) mass is 275 g/mol. The molecule has 0 unspecified atom stereocenters. The minimum absolute atomic E-state index is 0.259. The molecule has 0 aliphatic carbocycles. The Bertz CT molecular complexity index is 625. The summed E-state index contributed by atoms with van der Waals surface area (Å²) in [6.45, 7) is 0. The first-order chi connectivity index (χ1) is 9.71. The number of aromatic nitrogens is 1. The maximum atomic E-state index is 11.3. The first kappa shape index (κ1) is 14.1. The van der Waals surface area contributed by atoms with Crippen LogP contribution in [0.2, 0.25) is 0 Å². The van der Waals surface area contributed by atoms with Crippen molar-refractivity contribution in [2.24, 2.45) is 0 Å². The molecule has 0 aliphatic rings. The van der Waals surface area contributed by atoms with Crippen molar-refractivity contribution in [1.29, 1.82) is 0 Å². The first-order valence-corrected chi connectivity index (χ1v) is 6.27. The molecule has 0 atom stereocenters. The van der Waals surface area contributed by atoms with Crippen LogP contribution >= 0.6 is 0 Å². The third-order valence-electron chi connectivity index (χ3n) is 3.10. The van der Waals surface area contributed by atoms with Gasteiger partial charge in [0.2, 0.25) is 0 Å². The molecule has 0 radical (unpaired) electrons. The number of hydrogen-bond acceptors (Lipinski definition) is 5. The van der Waals surface area contributed by atoms with Gasteiger partial charge in [0, 0.05) is 17.2 Å². The smallest absolute Gasteiger partial charge is 0.305 e. The molecule has 0 amide bonds. The normalized spacial score (nSPS) is 10.3. The van der Waals surface area contributed by atoms with Crippen molar-refractivity contribution >= 4 is 16.7 Å².